The SMILES string of the molecule is COc1cccc(CN(C(=O)COc2ccc(Br)c(C)c2)C(Cc2ccccc2)C(=O)NCC(C)C)c1. The molecule has 3 rings (SSSR count). The summed E-state index contributed by atoms with van der Waals surface area (Å²) in [4.78, 5) is 28.8. The van der Waals surface area contributed by atoms with Crippen LogP contribution in [0.1, 0.15) is 30.5 Å². The standard InChI is InChI=1S/C30H35BrN2O4/c1-21(2)18-32-30(35)28(17-23-9-6-5-7-10-23)33(19-24-11-8-12-25(16-24)36-4)29(34)20-37-26-13-14-27(31)22(3)15-26/h5-16,21,28H,17-20H2,1-4H3,(H,32,35). The molecule has 0 aliphatic rings. The van der Waals surface area contributed by atoms with Gasteiger partial charge in [0.2, 0.25) is 5.91 Å². The largest absolute Gasteiger partial charge is 0.497 e. The molecule has 3 aromatic carbocycles. The van der Waals surface area contributed by atoms with Crippen LogP contribution in [0.5, 0.6) is 11.5 Å². The Morgan fingerprint density at radius 1 is 0.946 bits per heavy atom. The molecule has 1 atom stereocenters. The third kappa shape index (κ3) is 8.64. The van der Waals surface area contributed by atoms with E-state index in [9.17, 15) is 9.59 Å². The Labute approximate surface area is 228 Å². The molecule has 3 aromatic rings. The first-order valence-electron chi connectivity index (χ1n) is 12.4. The van der Waals surface area contributed by atoms with Gasteiger partial charge in [0, 0.05) is 24.0 Å². The number of ether oxygens (including phenoxy) is 2. The Morgan fingerprint density at radius 2 is 1.68 bits per heavy atom. The van der Waals surface area contributed by atoms with Crippen LogP contribution in [0.25, 0.3) is 0 Å². The molecule has 0 aromatic heterocycles. The van der Waals surface area contributed by atoms with Gasteiger partial charge in [-0.1, -0.05) is 72.2 Å². The molecule has 0 saturated carbocycles. The summed E-state index contributed by atoms with van der Waals surface area (Å²) in [6.07, 6.45) is 0.387. The second-order valence-corrected chi connectivity index (χ2v) is 10.3. The highest BCUT2D eigenvalue weighted by atomic mass is 79.9. The fourth-order valence-electron chi connectivity index (χ4n) is 3.88. The molecular weight excluding hydrogens is 532 g/mol. The molecular formula is C30H35BrN2O4. The number of hydrogen-bond donors (Lipinski definition) is 1. The minimum atomic E-state index is -0.713. The number of benzene rings is 3. The number of nitrogens with one attached hydrogen (secondary N) is 1. The van der Waals surface area contributed by atoms with Crippen LogP contribution in [0.2, 0.25) is 0 Å². The molecule has 1 unspecified atom stereocenters. The van der Waals surface area contributed by atoms with Crippen LogP contribution in [0.4, 0.5) is 0 Å². The zero-order chi connectivity index (χ0) is 26.8. The van der Waals surface area contributed by atoms with E-state index in [1.165, 1.54) is 0 Å². The lowest BCUT2D eigenvalue weighted by atomic mass is 10.0. The summed E-state index contributed by atoms with van der Waals surface area (Å²) < 4.78 is 12.2. The number of rotatable bonds is 12. The lowest BCUT2D eigenvalue weighted by molar-refractivity contribution is -0.142. The van der Waals surface area contributed by atoms with Crippen LogP contribution < -0.4 is 14.8 Å². The van der Waals surface area contributed by atoms with Crippen molar-refractivity contribution < 1.29 is 19.1 Å². The molecule has 0 bridgehead atoms. The molecule has 6 nitrogen and oxygen atoms in total. The van der Waals surface area contributed by atoms with Gasteiger partial charge in [0.15, 0.2) is 6.61 Å². The van der Waals surface area contributed by atoms with Crippen LogP contribution in [-0.2, 0) is 22.6 Å². The molecule has 7 heteroatoms. The fraction of sp³-hybridized carbons (Fsp3) is 0.333. The second-order valence-electron chi connectivity index (χ2n) is 9.42. The van der Waals surface area contributed by atoms with E-state index in [0.717, 1.165) is 21.2 Å². The van der Waals surface area contributed by atoms with Gasteiger partial charge in [0.25, 0.3) is 5.91 Å². The van der Waals surface area contributed by atoms with Gasteiger partial charge in [-0.25, -0.2) is 0 Å². The molecule has 0 heterocycles. The van der Waals surface area contributed by atoms with E-state index in [0.29, 0.717) is 24.5 Å². The molecule has 0 aliphatic carbocycles. The Morgan fingerprint density at radius 3 is 2.35 bits per heavy atom. The van der Waals surface area contributed by atoms with Crippen molar-refractivity contribution in [1.29, 1.82) is 0 Å². The monoisotopic (exact) mass is 566 g/mol. The van der Waals surface area contributed by atoms with Gasteiger partial charge in [-0.05, 0) is 59.9 Å². The molecule has 0 spiro atoms. The van der Waals surface area contributed by atoms with Crippen molar-refractivity contribution in [3.05, 3.63) is 94.0 Å². The Bertz CT molecular complexity index is 1180. The normalized spacial score (nSPS) is 11.6. The second kappa shape index (κ2) is 13.8. The highest BCUT2D eigenvalue weighted by Gasteiger charge is 2.31. The highest BCUT2D eigenvalue weighted by molar-refractivity contribution is 9.10. The smallest absolute Gasteiger partial charge is 0.261 e. The molecule has 0 saturated heterocycles. The van der Waals surface area contributed by atoms with E-state index in [4.69, 9.17) is 9.47 Å². The predicted octanol–water partition coefficient (Wildman–Crippen LogP) is 5.56. The zero-order valence-electron chi connectivity index (χ0n) is 21.9. The number of halogens is 1. The van der Waals surface area contributed by atoms with Gasteiger partial charge < -0.3 is 19.7 Å². The molecule has 0 aliphatic heterocycles. The molecule has 1 N–H and O–H groups in total. The summed E-state index contributed by atoms with van der Waals surface area (Å²) in [7, 11) is 1.60. The van der Waals surface area contributed by atoms with Crippen molar-refractivity contribution >= 4 is 27.7 Å². The van der Waals surface area contributed by atoms with Crippen molar-refractivity contribution in [2.45, 2.75) is 39.8 Å². The molecule has 0 fully saturated rings. The molecule has 196 valence electrons. The van der Waals surface area contributed by atoms with E-state index < -0.39 is 6.04 Å². The van der Waals surface area contributed by atoms with E-state index >= 15 is 0 Å². The number of carbonyl (C=O) groups is 2. The average Bonchev–Trinajstić information content (AvgIpc) is 2.90. The summed E-state index contributed by atoms with van der Waals surface area (Å²) in [6.45, 7) is 6.63. The molecule has 0 radical (unpaired) electrons. The minimum Gasteiger partial charge on any atom is -0.497 e. The Balaban J connectivity index is 1.91. The fourth-order valence-corrected chi connectivity index (χ4v) is 4.13. The van der Waals surface area contributed by atoms with Crippen molar-refractivity contribution in [2.75, 3.05) is 20.3 Å². The average molecular weight is 568 g/mol. The quantitative estimate of drug-likeness (QED) is 0.312. The van der Waals surface area contributed by atoms with Crippen molar-refractivity contribution in [3.63, 3.8) is 0 Å². The Kier molecular flexibility index (Phi) is 10.6. The summed E-state index contributed by atoms with van der Waals surface area (Å²) in [5.74, 6) is 1.11. The summed E-state index contributed by atoms with van der Waals surface area (Å²) in [5, 5.41) is 3.03. The number of nitrogens with zero attached hydrogens (tertiary/aromatic N) is 1. The van der Waals surface area contributed by atoms with Crippen molar-refractivity contribution in [2.24, 2.45) is 5.92 Å². The predicted molar refractivity (Wildman–Crippen MR) is 150 cm³/mol. The number of methoxy groups -OCH3 is 1. The summed E-state index contributed by atoms with van der Waals surface area (Å²) in [6, 6.07) is 22.1. The van der Waals surface area contributed by atoms with E-state index in [1.54, 1.807) is 12.0 Å². The number of amides is 2. The summed E-state index contributed by atoms with van der Waals surface area (Å²) >= 11 is 3.49. The van der Waals surface area contributed by atoms with Gasteiger partial charge in [-0.3, -0.25) is 9.59 Å². The van der Waals surface area contributed by atoms with Gasteiger partial charge in [0.1, 0.15) is 17.5 Å². The van der Waals surface area contributed by atoms with Crippen LogP contribution in [0, 0.1) is 12.8 Å². The van der Waals surface area contributed by atoms with Crippen molar-refractivity contribution in [1.82, 2.24) is 10.2 Å². The van der Waals surface area contributed by atoms with Crippen LogP contribution in [-0.4, -0.2) is 43.0 Å². The third-order valence-electron chi connectivity index (χ3n) is 5.93. The lowest BCUT2D eigenvalue weighted by Gasteiger charge is -2.31. The van der Waals surface area contributed by atoms with Gasteiger partial charge in [-0.2, -0.15) is 0 Å². The van der Waals surface area contributed by atoms with Gasteiger partial charge in [-0.15, -0.1) is 0 Å². The molecule has 2 amide bonds. The Hall–Kier alpha value is -3.32. The maximum atomic E-state index is 13.7. The maximum Gasteiger partial charge on any atom is 0.261 e. The van der Waals surface area contributed by atoms with E-state index in [-0.39, 0.29) is 30.9 Å². The zero-order valence-corrected chi connectivity index (χ0v) is 23.5. The first-order chi connectivity index (χ1) is 17.8. The van der Waals surface area contributed by atoms with E-state index in [1.807, 2.05) is 93.6 Å². The minimum absolute atomic E-state index is 0.187. The third-order valence-corrected chi connectivity index (χ3v) is 6.82. The number of aryl methyl sites for hydroxylation is 1. The number of hydrogen-bond acceptors (Lipinski definition) is 4. The van der Waals surface area contributed by atoms with Crippen molar-refractivity contribution in [3.8, 4) is 11.5 Å². The van der Waals surface area contributed by atoms with Crippen LogP contribution in [0.3, 0.4) is 0 Å². The maximum absolute atomic E-state index is 13.7. The first-order valence-corrected chi connectivity index (χ1v) is 13.2. The highest BCUT2D eigenvalue weighted by Crippen LogP contribution is 2.22. The van der Waals surface area contributed by atoms with Gasteiger partial charge in [0.05, 0.1) is 7.11 Å². The van der Waals surface area contributed by atoms with Crippen LogP contribution >= 0.6 is 15.9 Å². The number of carbonyl (C=O) groups excluding carboxylic acids is 2. The van der Waals surface area contributed by atoms with Gasteiger partial charge >= 0.3 is 0 Å². The topological polar surface area (TPSA) is 67.9 Å². The van der Waals surface area contributed by atoms with Crippen LogP contribution in [0.15, 0.2) is 77.3 Å². The summed E-state index contributed by atoms with van der Waals surface area (Å²) in [5.41, 5.74) is 2.84. The molecule has 37 heavy (non-hydrogen) atoms. The van der Waals surface area contributed by atoms with E-state index in [2.05, 4.69) is 21.2 Å². The first kappa shape index (κ1) is 28.3. The lowest BCUT2D eigenvalue weighted by Crippen LogP contribution is -2.52.